The molecule has 14 heavy (non-hydrogen) atoms. The Balaban J connectivity index is 2.77. The molecule has 0 saturated carbocycles. The van der Waals surface area contributed by atoms with Crippen molar-refractivity contribution in [2.24, 2.45) is 0 Å². The van der Waals surface area contributed by atoms with Gasteiger partial charge in [-0.2, -0.15) is 0 Å². The molecule has 0 spiro atoms. The molecular weight excluding hydrogens is 206 g/mol. The van der Waals surface area contributed by atoms with Crippen LogP contribution in [0.1, 0.15) is 13.8 Å². The van der Waals surface area contributed by atoms with Gasteiger partial charge >= 0.3 is 0 Å². The molecule has 1 N–H and O–H groups in total. The van der Waals surface area contributed by atoms with Gasteiger partial charge in [-0.25, -0.2) is 8.78 Å². The molecule has 0 heterocycles. The lowest BCUT2D eigenvalue weighted by atomic mass is 10.3. The Hall–Kier alpha value is -0.610. The number of halogens is 2. The smallest absolute Gasteiger partial charge is 0.139 e. The van der Waals surface area contributed by atoms with E-state index in [4.69, 9.17) is 0 Å². The van der Waals surface area contributed by atoms with Gasteiger partial charge < -0.3 is 5.11 Å². The summed E-state index contributed by atoms with van der Waals surface area (Å²) < 4.78 is 25.7. The van der Waals surface area contributed by atoms with E-state index in [2.05, 4.69) is 0 Å². The van der Waals surface area contributed by atoms with Crippen LogP contribution in [0.4, 0.5) is 8.78 Å². The van der Waals surface area contributed by atoms with Crippen LogP contribution in [0.15, 0.2) is 23.1 Å². The predicted molar refractivity (Wildman–Crippen MR) is 53.4 cm³/mol. The molecular formula is C10H12F2OS. The number of thioether (sulfide) groups is 1. The van der Waals surface area contributed by atoms with Gasteiger partial charge in [0, 0.05) is 16.2 Å². The lowest BCUT2D eigenvalue weighted by Crippen LogP contribution is -2.15. The molecule has 0 amide bonds. The largest absolute Gasteiger partial charge is 0.392 e. The summed E-state index contributed by atoms with van der Waals surface area (Å²) in [5.74, 6) is -1.17. The maximum absolute atomic E-state index is 13.1. The molecule has 2 unspecified atom stereocenters. The predicted octanol–water partition coefficient (Wildman–Crippen LogP) is 2.83. The summed E-state index contributed by atoms with van der Waals surface area (Å²) in [6.45, 7) is 3.43. The quantitative estimate of drug-likeness (QED) is 0.787. The van der Waals surface area contributed by atoms with Crippen molar-refractivity contribution in [3.8, 4) is 0 Å². The van der Waals surface area contributed by atoms with E-state index in [1.165, 1.54) is 23.9 Å². The highest BCUT2D eigenvalue weighted by atomic mass is 32.2. The molecule has 0 saturated heterocycles. The van der Waals surface area contributed by atoms with Crippen LogP contribution in [0.25, 0.3) is 0 Å². The molecule has 1 aromatic carbocycles. The minimum atomic E-state index is -0.587. The summed E-state index contributed by atoms with van der Waals surface area (Å²) in [6.07, 6.45) is -0.524. The van der Waals surface area contributed by atoms with E-state index in [0.29, 0.717) is 4.90 Å². The normalized spacial score (nSPS) is 15.2. The van der Waals surface area contributed by atoms with Crippen molar-refractivity contribution in [1.82, 2.24) is 0 Å². The van der Waals surface area contributed by atoms with E-state index in [9.17, 15) is 13.9 Å². The highest BCUT2D eigenvalue weighted by Gasteiger charge is 2.13. The van der Waals surface area contributed by atoms with Crippen molar-refractivity contribution in [1.29, 1.82) is 0 Å². The summed E-state index contributed by atoms with van der Waals surface area (Å²) >= 11 is 1.20. The Morgan fingerprint density at radius 3 is 2.43 bits per heavy atom. The van der Waals surface area contributed by atoms with Crippen molar-refractivity contribution in [3.63, 3.8) is 0 Å². The fraction of sp³-hybridized carbons (Fsp3) is 0.400. The zero-order valence-corrected chi connectivity index (χ0v) is 8.81. The number of benzene rings is 1. The van der Waals surface area contributed by atoms with Crippen LogP contribution in [0.2, 0.25) is 0 Å². The third-order valence-corrected chi connectivity index (χ3v) is 3.24. The first-order valence-corrected chi connectivity index (χ1v) is 5.18. The zero-order valence-electron chi connectivity index (χ0n) is 8.00. The number of aliphatic hydroxyl groups is 1. The van der Waals surface area contributed by atoms with Crippen molar-refractivity contribution in [3.05, 3.63) is 29.8 Å². The Morgan fingerprint density at radius 2 is 1.93 bits per heavy atom. The average Bonchev–Trinajstić information content (AvgIpc) is 2.09. The second-order valence-electron chi connectivity index (χ2n) is 3.14. The second kappa shape index (κ2) is 4.75. The second-order valence-corrected chi connectivity index (χ2v) is 4.56. The van der Waals surface area contributed by atoms with Crippen LogP contribution in [0.5, 0.6) is 0 Å². The van der Waals surface area contributed by atoms with Crippen molar-refractivity contribution < 1.29 is 13.9 Å². The van der Waals surface area contributed by atoms with Crippen LogP contribution in [0, 0.1) is 11.6 Å². The Labute approximate surface area is 86.1 Å². The minimum Gasteiger partial charge on any atom is -0.392 e. The molecule has 0 aliphatic heterocycles. The molecule has 0 aromatic heterocycles. The monoisotopic (exact) mass is 218 g/mol. The molecule has 1 aromatic rings. The summed E-state index contributed by atoms with van der Waals surface area (Å²) in [7, 11) is 0. The van der Waals surface area contributed by atoms with E-state index in [1.807, 2.05) is 0 Å². The minimum absolute atomic E-state index is 0.116. The van der Waals surface area contributed by atoms with Crippen LogP contribution in [0.3, 0.4) is 0 Å². The van der Waals surface area contributed by atoms with Gasteiger partial charge in [-0.1, -0.05) is 6.92 Å². The van der Waals surface area contributed by atoms with Crippen LogP contribution >= 0.6 is 11.8 Å². The standard InChI is InChI=1S/C10H12F2OS/c1-6(13)7(2)14-10-4-3-8(11)5-9(10)12/h3-7,13H,1-2H3. The summed E-state index contributed by atoms with van der Waals surface area (Å²) in [4.78, 5) is 0.361. The van der Waals surface area contributed by atoms with Gasteiger partial charge in [0.25, 0.3) is 0 Å². The molecule has 78 valence electrons. The van der Waals surface area contributed by atoms with Crippen LogP contribution < -0.4 is 0 Å². The fourth-order valence-corrected chi connectivity index (χ4v) is 1.79. The molecule has 1 rings (SSSR count). The van der Waals surface area contributed by atoms with Gasteiger partial charge in [0.2, 0.25) is 0 Å². The Kier molecular flexibility index (Phi) is 3.89. The molecule has 0 bridgehead atoms. The number of aliphatic hydroxyl groups excluding tert-OH is 1. The van der Waals surface area contributed by atoms with E-state index < -0.39 is 17.7 Å². The zero-order chi connectivity index (χ0) is 10.7. The highest BCUT2D eigenvalue weighted by Crippen LogP contribution is 2.27. The van der Waals surface area contributed by atoms with Crippen molar-refractivity contribution in [2.75, 3.05) is 0 Å². The van der Waals surface area contributed by atoms with E-state index in [0.717, 1.165) is 6.07 Å². The maximum Gasteiger partial charge on any atom is 0.139 e. The first-order chi connectivity index (χ1) is 6.50. The van der Waals surface area contributed by atoms with Gasteiger partial charge in [-0.05, 0) is 19.1 Å². The summed E-state index contributed by atoms with van der Waals surface area (Å²) in [5, 5.41) is 9.09. The molecule has 4 heteroatoms. The van der Waals surface area contributed by atoms with E-state index in [-0.39, 0.29) is 5.25 Å². The van der Waals surface area contributed by atoms with E-state index >= 15 is 0 Å². The first kappa shape index (κ1) is 11.5. The number of hydrogen-bond donors (Lipinski definition) is 1. The van der Waals surface area contributed by atoms with Gasteiger partial charge in [-0.3, -0.25) is 0 Å². The lowest BCUT2D eigenvalue weighted by Gasteiger charge is -2.14. The SMILES string of the molecule is CC(O)C(C)Sc1ccc(F)cc1F. The Bertz CT molecular complexity index is 315. The van der Waals surface area contributed by atoms with Crippen molar-refractivity contribution >= 4 is 11.8 Å². The van der Waals surface area contributed by atoms with Crippen LogP contribution in [-0.2, 0) is 0 Å². The molecule has 0 aliphatic rings. The fourth-order valence-electron chi connectivity index (χ4n) is 0.870. The van der Waals surface area contributed by atoms with Crippen LogP contribution in [-0.4, -0.2) is 16.5 Å². The summed E-state index contributed by atoms with van der Waals surface area (Å²) in [5.41, 5.74) is 0. The van der Waals surface area contributed by atoms with Gasteiger partial charge in [0.1, 0.15) is 11.6 Å². The third kappa shape index (κ3) is 2.96. The summed E-state index contributed by atoms with van der Waals surface area (Å²) in [6, 6.07) is 3.44. The molecule has 0 aliphatic carbocycles. The lowest BCUT2D eigenvalue weighted by molar-refractivity contribution is 0.196. The highest BCUT2D eigenvalue weighted by molar-refractivity contribution is 8.00. The van der Waals surface area contributed by atoms with Gasteiger partial charge in [0.15, 0.2) is 0 Å². The van der Waals surface area contributed by atoms with Gasteiger partial charge in [-0.15, -0.1) is 11.8 Å². The molecule has 0 radical (unpaired) electrons. The maximum atomic E-state index is 13.1. The Morgan fingerprint density at radius 1 is 1.29 bits per heavy atom. The third-order valence-electron chi connectivity index (χ3n) is 1.89. The molecule has 0 fully saturated rings. The average molecular weight is 218 g/mol. The molecule has 2 atom stereocenters. The topological polar surface area (TPSA) is 20.2 Å². The number of hydrogen-bond acceptors (Lipinski definition) is 2. The van der Waals surface area contributed by atoms with Crippen molar-refractivity contribution in [2.45, 2.75) is 30.1 Å². The molecule has 1 nitrogen and oxygen atoms in total. The number of rotatable bonds is 3. The van der Waals surface area contributed by atoms with Gasteiger partial charge in [0.05, 0.1) is 6.10 Å². The van der Waals surface area contributed by atoms with E-state index in [1.54, 1.807) is 13.8 Å². The first-order valence-electron chi connectivity index (χ1n) is 4.30.